The van der Waals surface area contributed by atoms with Gasteiger partial charge < -0.3 is 0 Å². The van der Waals surface area contributed by atoms with E-state index >= 15 is 0 Å². The van der Waals surface area contributed by atoms with Gasteiger partial charge in [0, 0.05) is 17.6 Å². The van der Waals surface area contributed by atoms with Crippen molar-refractivity contribution in [3.63, 3.8) is 0 Å². The van der Waals surface area contributed by atoms with Crippen molar-refractivity contribution in [3.8, 4) is 0 Å². The molecule has 2 aromatic rings. The Hall–Kier alpha value is -0.840. The molecule has 0 fully saturated rings. The number of aromatic nitrogens is 3. The zero-order valence-corrected chi connectivity index (χ0v) is 11.4. The van der Waals surface area contributed by atoms with Crippen molar-refractivity contribution in [2.75, 3.05) is 0 Å². The maximum Gasteiger partial charge on any atom is 0.188 e. The summed E-state index contributed by atoms with van der Waals surface area (Å²) in [5, 5.41) is 1.56. The van der Waals surface area contributed by atoms with Crippen LogP contribution in [0.5, 0.6) is 0 Å². The SMILES string of the molecule is Cc1ccnc(SCc2ccc(Cl)nc2Cl)n1. The van der Waals surface area contributed by atoms with Crippen molar-refractivity contribution in [1.29, 1.82) is 0 Å². The average Bonchev–Trinajstić information content (AvgIpc) is 2.28. The second kappa shape index (κ2) is 5.67. The molecule has 2 rings (SSSR count). The number of pyridine rings is 1. The summed E-state index contributed by atoms with van der Waals surface area (Å²) in [4.78, 5) is 12.4. The zero-order chi connectivity index (χ0) is 12.3. The van der Waals surface area contributed by atoms with Gasteiger partial charge in [-0.3, -0.25) is 0 Å². The summed E-state index contributed by atoms with van der Waals surface area (Å²) in [6.07, 6.45) is 1.74. The molecule has 0 spiro atoms. The fourth-order valence-corrected chi connectivity index (χ4v) is 2.54. The Balaban J connectivity index is 2.07. The maximum absolute atomic E-state index is 5.98. The van der Waals surface area contributed by atoms with Crippen LogP contribution in [0.3, 0.4) is 0 Å². The second-order valence-corrected chi connectivity index (χ2v) is 5.04. The fourth-order valence-electron chi connectivity index (χ4n) is 1.19. The van der Waals surface area contributed by atoms with Gasteiger partial charge in [0.25, 0.3) is 0 Å². The van der Waals surface area contributed by atoms with Gasteiger partial charge >= 0.3 is 0 Å². The summed E-state index contributed by atoms with van der Waals surface area (Å²) < 4.78 is 0. The van der Waals surface area contributed by atoms with Crippen LogP contribution in [0.15, 0.2) is 29.6 Å². The molecule has 0 aliphatic carbocycles. The van der Waals surface area contributed by atoms with Gasteiger partial charge in [-0.05, 0) is 24.6 Å². The van der Waals surface area contributed by atoms with Gasteiger partial charge in [-0.1, -0.05) is 41.0 Å². The summed E-state index contributed by atoms with van der Waals surface area (Å²) in [7, 11) is 0. The standard InChI is InChI=1S/C11H9Cl2N3S/c1-7-4-5-14-11(15-7)17-6-8-2-3-9(12)16-10(8)13/h2-5H,6H2,1H3. The Bertz CT molecular complexity index is 534. The van der Waals surface area contributed by atoms with Gasteiger partial charge in [0.05, 0.1) is 0 Å². The minimum absolute atomic E-state index is 0.399. The van der Waals surface area contributed by atoms with Gasteiger partial charge in [0.1, 0.15) is 10.3 Å². The molecular weight excluding hydrogens is 277 g/mol. The van der Waals surface area contributed by atoms with Crippen LogP contribution in [0.25, 0.3) is 0 Å². The molecule has 17 heavy (non-hydrogen) atoms. The predicted molar refractivity (Wildman–Crippen MR) is 70.6 cm³/mol. The number of hydrogen-bond donors (Lipinski definition) is 0. The first kappa shape index (κ1) is 12.6. The number of aryl methyl sites for hydroxylation is 1. The minimum Gasteiger partial charge on any atom is -0.231 e. The summed E-state index contributed by atoms with van der Waals surface area (Å²) in [5.41, 5.74) is 1.87. The van der Waals surface area contributed by atoms with Crippen LogP contribution in [0.2, 0.25) is 10.3 Å². The third-order valence-electron chi connectivity index (χ3n) is 2.02. The first-order valence-electron chi connectivity index (χ1n) is 4.88. The van der Waals surface area contributed by atoms with Crippen LogP contribution in [-0.4, -0.2) is 15.0 Å². The molecule has 0 aromatic carbocycles. The van der Waals surface area contributed by atoms with Crippen molar-refractivity contribution in [1.82, 2.24) is 15.0 Å². The lowest BCUT2D eigenvalue weighted by Crippen LogP contribution is -1.91. The van der Waals surface area contributed by atoms with Gasteiger partial charge in [0.15, 0.2) is 5.16 Å². The van der Waals surface area contributed by atoms with Gasteiger partial charge in [-0.25, -0.2) is 15.0 Å². The van der Waals surface area contributed by atoms with E-state index in [0.29, 0.717) is 16.1 Å². The Kier molecular flexibility index (Phi) is 4.20. The molecule has 0 radical (unpaired) electrons. The quantitative estimate of drug-likeness (QED) is 0.489. The van der Waals surface area contributed by atoms with E-state index < -0.39 is 0 Å². The van der Waals surface area contributed by atoms with Crippen LogP contribution in [0.4, 0.5) is 0 Å². The highest BCUT2D eigenvalue weighted by molar-refractivity contribution is 7.98. The molecule has 6 heteroatoms. The van der Waals surface area contributed by atoms with E-state index in [1.165, 1.54) is 11.8 Å². The average molecular weight is 286 g/mol. The Morgan fingerprint density at radius 1 is 1.18 bits per heavy atom. The van der Waals surface area contributed by atoms with Crippen molar-refractivity contribution in [2.45, 2.75) is 17.8 Å². The molecular formula is C11H9Cl2N3S. The van der Waals surface area contributed by atoms with Gasteiger partial charge in [-0.2, -0.15) is 0 Å². The number of nitrogens with zero attached hydrogens (tertiary/aromatic N) is 3. The van der Waals surface area contributed by atoms with E-state index in [2.05, 4.69) is 15.0 Å². The lowest BCUT2D eigenvalue weighted by molar-refractivity contribution is 0.931. The molecule has 0 bridgehead atoms. The monoisotopic (exact) mass is 285 g/mol. The number of thioether (sulfide) groups is 1. The topological polar surface area (TPSA) is 38.7 Å². The van der Waals surface area contributed by atoms with Crippen molar-refractivity contribution in [2.24, 2.45) is 0 Å². The highest BCUT2D eigenvalue weighted by atomic mass is 35.5. The molecule has 0 saturated heterocycles. The molecule has 0 saturated carbocycles. The van der Waals surface area contributed by atoms with Crippen molar-refractivity contribution in [3.05, 3.63) is 46.0 Å². The molecule has 0 N–H and O–H groups in total. The van der Waals surface area contributed by atoms with Crippen molar-refractivity contribution >= 4 is 35.0 Å². The Morgan fingerprint density at radius 3 is 2.71 bits per heavy atom. The molecule has 2 aromatic heterocycles. The smallest absolute Gasteiger partial charge is 0.188 e. The Morgan fingerprint density at radius 2 is 2.00 bits per heavy atom. The first-order chi connectivity index (χ1) is 8.15. The number of hydrogen-bond acceptors (Lipinski definition) is 4. The predicted octanol–water partition coefficient (Wildman–Crippen LogP) is 3.78. The lowest BCUT2D eigenvalue weighted by Gasteiger charge is -2.03. The van der Waals surface area contributed by atoms with E-state index in [9.17, 15) is 0 Å². The van der Waals surface area contributed by atoms with E-state index in [0.717, 1.165) is 16.4 Å². The molecule has 88 valence electrons. The van der Waals surface area contributed by atoms with E-state index in [-0.39, 0.29) is 0 Å². The van der Waals surface area contributed by atoms with E-state index in [1.807, 2.05) is 19.1 Å². The number of rotatable bonds is 3. The molecule has 0 amide bonds. The Labute approximate surface area is 114 Å². The van der Waals surface area contributed by atoms with Crippen LogP contribution >= 0.6 is 35.0 Å². The van der Waals surface area contributed by atoms with Crippen LogP contribution in [-0.2, 0) is 5.75 Å². The fraction of sp³-hybridized carbons (Fsp3) is 0.182. The normalized spacial score (nSPS) is 10.5. The van der Waals surface area contributed by atoms with E-state index in [4.69, 9.17) is 23.2 Å². The largest absolute Gasteiger partial charge is 0.231 e. The maximum atomic E-state index is 5.98. The van der Waals surface area contributed by atoms with Crippen LogP contribution < -0.4 is 0 Å². The molecule has 3 nitrogen and oxygen atoms in total. The first-order valence-corrected chi connectivity index (χ1v) is 6.62. The van der Waals surface area contributed by atoms with Crippen LogP contribution in [0.1, 0.15) is 11.3 Å². The molecule has 0 aliphatic heterocycles. The minimum atomic E-state index is 0.399. The second-order valence-electron chi connectivity index (χ2n) is 3.35. The van der Waals surface area contributed by atoms with Gasteiger partial charge in [0.2, 0.25) is 0 Å². The molecule has 0 atom stereocenters. The molecule has 0 aliphatic rings. The third kappa shape index (κ3) is 3.56. The van der Waals surface area contributed by atoms with Gasteiger partial charge in [-0.15, -0.1) is 0 Å². The zero-order valence-electron chi connectivity index (χ0n) is 9.02. The highest BCUT2D eigenvalue weighted by Crippen LogP contribution is 2.24. The summed E-state index contributed by atoms with van der Waals surface area (Å²) >= 11 is 13.2. The number of halogens is 2. The van der Waals surface area contributed by atoms with Crippen molar-refractivity contribution < 1.29 is 0 Å². The molecule has 0 unspecified atom stereocenters. The molecule has 2 heterocycles. The third-order valence-corrected chi connectivity index (χ3v) is 3.47. The summed E-state index contributed by atoms with van der Waals surface area (Å²) in [6.45, 7) is 1.93. The summed E-state index contributed by atoms with van der Waals surface area (Å²) in [5.74, 6) is 0.673. The van der Waals surface area contributed by atoms with E-state index in [1.54, 1.807) is 12.3 Å². The summed E-state index contributed by atoms with van der Waals surface area (Å²) in [6, 6.07) is 5.45. The lowest BCUT2D eigenvalue weighted by atomic mass is 10.3. The van der Waals surface area contributed by atoms with Crippen LogP contribution in [0, 0.1) is 6.92 Å². The highest BCUT2D eigenvalue weighted by Gasteiger charge is 2.05.